The average molecular weight is 314 g/mol. The number of fused-ring (bicyclic) bond motifs is 2. The van der Waals surface area contributed by atoms with E-state index in [9.17, 15) is 0 Å². The van der Waals surface area contributed by atoms with Crippen molar-refractivity contribution in [2.45, 2.75) is 51.4 Å². The van der Waals surface area contributed by atoms with E-state index in [1.54, 1.807) is 9.15 Å². The van der Waals surface area contributed by atoms with E-state index in [0.717, 1.165) is 11.8 Å². The highest BCUT2D eigenvalue weighted by Gasteiger charge is 2.34. The van der Waals surface area contributed by atoms with Gasteiger partial charge < -0.3 is 0 Å². The Bertz CT molecular complexity index is 324. The third-order valence-corrected chi connectivity index (χ3v) is 5.53. The van der Waals surface area contributed by atoms with E-state index in [0.29, 0.717) is 0 Å². The van der Waals surface area contributed by atoms with Gasteiger partial charge in [0.1, 0.15) is 0 Å². The Balaban J connectivity index is 1.95. The number of rotatable bonds is 0. The molecule has 0 aromatic carbocycles. The monoisotopic (exact) mass is 314 g/mol. The van der Waals surface area contributed by atoms with Gasteiger partial charge in [-0.2, -0.15) is 0 Å². The molecule has 0 aromatic heterocycles. The van der Waals surface area contributed by atoms with Crippen LogP contribution in [-0.4, -0.2) is 0 Å². The first-order chi connectivity index (χ1) is 7.36. The van der Waals surface area contributed by atoms with Gasteiger partial charge >= 0.3 is 0 Å². The van der Waals surface area contributed by atoms with E-state index in [1.165, 1.54) is 51.4 Å². The molecule has 82 valence electrons. The van der Waals surface area contributed by atoms with Crippen LogP contribution in [0.2, 0.25) is 0 Å². The Kier molecular flexibility index (Phi) is 2.92. The van der Waals surface area contributed by atoms with Crippen molar-refractivity contribution in [3.63, 3.8) is 0 Å². The lowest BCUT2D eigenvalue weighted by Gasteiger charge is -2.40. The summed E-state index contributed by atoms with van der Waals surface area (Å²) in [4.78, 5) is 0. The minimum atomic E-state index is 0.950. The lowest BCUT2D eigenvalue weighted by Crippen LogP contribution is -2.27. The first-order valence-electron chi connectivity index (χ1n) is 6.44. The van der Waals surface area contributed by atoms with Crippen LogP contribution in [0.4, 0.5) is 0 Å². The van der Waals surface area contributed by atoms with Crippen LogP contribution in [0.1, 0.15) is 51.4 Å². The van der Waals surface area contributed by atoms with Gasteiger partial charge in [-0.3, -0.25) is 0 Å². The Morgan fingerprint density at radius 3 is 2.87 bits per heavy atom. The zero-order chi connectivity index (χ0) is 10.3. The van der Waals surface area contributed by atoms with Crippen LogP contribution in [0.25, 0.3) is 0 Å². The van der Waals surface area contributed by atoms with E-state index < -0.39 is 0 Å². The van der Waals surface area contributed by atoms with Gasteiger partial charge in [0.05, 0.1) is 0 Å². The smallest absolute Gasteiger partial charge is 0.0125 e. The second kappa shape index (κ2) is 4.23. The van der Waals surface area contributed by atoms with Gasteiger partial charge in [-0.25, -0.2) is 0 Å². The minimum absolute atomic E-state index is 0.950. The molecule has 0 spiro atoms. The van der Waals surface area contributed by atoms with Crippen molar-refractivity contribution in [3.05, 3.63) is 20.8 Å². The molecule has 2 atom stereocenters. The second-order valence-corrected chi connectivity index (χ2v) is 6.46. The lowest BCUT2D eigenvalue weighted by atomic mass is 9.66. The summed E-state index contributed by atoms with van der Waals surface area (Å²) >= 11 is 2.58. The lowest BCUT2D eigenvalue weighted by molar-refractivity contribution is 0.243. The molecule has 0 unspecified atom stereocenters. The van der Waals surface area contributed by atoms with Crippen LogP contribution in [0.3, 0.4) is 0 Å². The SMILES string of the molecule is IC1=CCCC2=C1[C@H]1CCCC[C@H]1CC2. The predicted octanol–water partition coefficient (Wildman–Crippen LogP) is 5.00. The van der Waals surface area contributed by atoms with Crippen LogP contribution < -0.4 is 0 Å². The van der Waals surface area contributed by atoms with Crippen LogP contribution in [0.5, 0.6) is 0 Å². The Morgan fingerprint density at radius 2 is 1.93 bits per heavy atom. The van der Waals surface area contributed by atoms with E-state index in [2.05, 4.69) is 28.7 Å². The fraction of sp³-hybridized carbons (Fsp3) is 0.714. The fourth-order valence-electron chi connectivity index (χ4n) is 3.78. The van der Waals surface area contributed by atoms with Crippen LogP contribution in [0, 0.1) is 11.8 Å². The Labute approximate surface area is 106 Å². The third-order valence-electron chi connectivity index (χ3n) is 4.50. The van der Waals surface area contributed by atoms with E-state index in [4.69, 9.17) is 0 Å². The standard InChI is InChI=1S/C14H19I/c15-13-7-3-5-11-9-8-10-4-1-2-6-12(10)14(11)13/h7,10,12H,1-6,8-9H2/t10-,12-/m0/s1. The van der Waals surface area contributed by atoms with Crippen molar-refractivity contribution in [3.8, 4) is 0 Å². The third kappa shape index (κ3) is 1.81. The van der Waals surface area contributed by atoms with E-state index in [-0.39, 0.29) is 0 Å². The van der Waals surface area contributed by atoms with Crippen molar-refractivity contribution in [2.75, 3.05) is 0 Å². The zero-order valence-electron chi connectivity index (χ0n) is 9.27. The Hall–Kier alpha value is 0.210. The molecule has 0 saturated heterocycles. The summed E-state index contributed by atoms with van der Waals surface area (Å²) in [5.41, 5.74) is 3.63. The van der Waals surface area contributed by atoms with Gasteiger partial charge in [0, 0.05) is 3.58 Å². The van der Waals surface area contributed by atoms with Crippen molar-refractivity contribution >= 4 is 22.6 Å². The molecule has 1 fully saturated rings. The summed E-state index contributed by atoms with van der Waals surface area (Å²) in [6.07, 6.45) is 14.0. The zero-order valence-corrected chi connectivity index (χ0v) is 11.4. The van der Waals surface area contributed by atoms with Crippen molar-refractivity contribution in [1.82, 2.24) is 0 Å². The molecular weight excluding hydrogens is 295 g/mol. The highest BCUT2D eigenvalue weighted by molar-refractivity contribution is 14.1. The van der Waals surface area contributed by atoms with Gasteiger partial charge in [0.15, 0.2) is 0 Å². The van der Waals surface area contributed by atoms with E-state index in [1.807, 2.05) is 5.57 Å². The van der Waals surface area contributed by atoms with Gasteiger partial charge in [-0.05, 0) is 78.5 Å². The first-order valence-corrected chi connectivity index (χ1v) is 7.52. The van der Waals surface area contributed by atoms with Crippen LogP contribution in [0.15, 0.2) is 20.8 Å². The Morgan fingerprint density at radius 1 is 1.07 bits per heavy atom. The topological polar surface area (TPSA) is 0 Å². The molecule has 0 radical (unpaired) electrons. The molecule has 15 heavy (non-hydrogen) atoms. The maximum absolute atomic E-state index is 2.58. The molecule has 1 saturated carbocycles. The summed E-state index contributed by atoms with van der Waals surface area (Å²) in [6, 6.07) is 0. The molecule has 0 amide bonds. The van der Waals surface area contributed by atoms with E-state index >= 15 is 0 Å². The van der Waals surface area contributed by atoms with Gasteiger partial charge in [-0.15, -0.1) is 0 Å². The summed E-state index contributed by atoms with van der Waals surface area (Å²) in [5, 5.41) is 0. The number of halogens is 1. The van der Waals surface area contributed by atoms with Crippen LogP contribution in [-0.2, 0) is 0 Å². The summed E-state index contributed by atoms with van der Waals surface area (Å²) in [5.74, 6) is 1.99. The maximum Gasteiger partial charge on any atom is 0.0125 e. The summed E-state index contributed by atoms with van der Waals surface area (Å²) in [7, 11) is 0. The number of hydrogen-bond donors (Lipinski definition) is 0. The van der Waals surface area contributed by atoms with Crippen molar-refractivity contribution in [1.29, 1.82) is 0 Å². The molecular formula is C14H19I. The molecule has 3 aliphatic carbocycles. The second-order valence-electron chi connectivity index (χ2n) is 5.30. The molecule has 0 aliphatic heterocycles. The molecule has 1 heteroatoms. The quantitative estimate of drug-likeness (QED) is 0.552. The highest BCUT2D eigenvalue weighted by atomic mass is 127. The summed E-state index contributed by atoms with van der Waals surface area (Å²) in [6.45, 7) is 0. The van der Waals surface area contributed by atoms with Crippen LogP contribution >= 0.6 is 22.6 Å². The molecule has 0 N–H and O–H groups in total. The van der Waals surface area contributed by atoms with Crippen molar-refractivity contribution < 1.29 is 0 Å². The predicted molar refractivity (Wildman–Crippen MR) is 73.0 cm³/mol. The fourth-order valence-corrected chi connectivity index (χ4v) is 4.87. The highest BCUT2D eigenvalue weighted by Crippen LogP contribution is 2.49. The average Bonchev–Trinajstić information content (AvgIpc) is 2.29. The van der Waals surface area contributed by atoms with Gasteiger partial charge in [-0.1, -0.05) is 24.5 Å². The molecule has 0 aromatic rings. The number of hydrogen-bond acceptors (Lipinski definition) is 0. The first kappa shape index (κ1) is 10.4. The minimum Gasteiger partial charge on any atom is -0.0705 e. The normalized spacial score (nSPS) is 35.7. The molecule has 0 heterocycles. The molecule has 3 aliphatic rings. The summed E-state index contributed by atoms with van der Waals surface area (Å²) < 4.78 is 1.60. The van der Waals surface area contributed by atoms with Gasteiger partial charge in [0.2, 0.25) is 0 Å². The van der Waals surface area contributed by atoms with Gasteiger partial charge in [0.25, 0.3) is 0 Å². The molecule has 0 bridgehead atoms. The van der Waals surface area contributed by atoms with Crippen molar-refractivity contribution in [2.24, 2.45) is 11.8 Å². The largest absolute Gasteiger partial charge is 0.0705 e. The maximum atomic E-state index is 2.58. The number of allylic oxidation sites excluding steroid dienone is 4. The molecule has 0 nitrogen and oxygen atoms in total. The molecule has 3 rings (SSSR count).